The Labute approximate surface area is 124 Å². The van der Waals surface area contributed by atoms with E-state index in [1.807, 2.05) is 0 Å². The fraction of sp³-hybridized carbons (Fsp3) is 0.529. The SMILES string of the molecule is C#CCCN1CCC(Cc2ccc(C(F)(F)F)cc2)CC1. The summed E-state index contributed by atoms with van der Waals surface area (Å²) >= 11 is 0. The van der Waals surface area contributed by atoms with Crippen molar-refractivity contribution in [2.24, 2.45) is 5.92 Å². The number of hydrogen-bond acceptors (Lipinski definition) is 1. The van der Waals surface area contributed by atoms with Gasteiger partial charge in [-0.05, 0) is 56.0 Å². The standard InChI is InChI=1S/C17H20F3N/c1-2-3-10-21-11-8-15(9-12-21)13-14-4-6-16(7-5-14)17(18,19)20/h1,4-7,15H,3,8-13H2. The highest BCUT2D eigenvalue weighted by atomic mass is 19.4. The molecule has 1 aromatic rings. The summed E-state index contributed by atoms with van der Waals surface area (Å²) in [6.45, 7) is 3.02. The Balaban J connectivity index is 1.82. The van der Waals surface area contributed by atoms with Gasteiger partial charge in [0.25, 0.3) is 0 Å². The molecule has 0 spiro atoms. The number of piperidine rings is 1. The van der Waals surface area contributed by atoms with Crippen LogP contribution in [0.1, 0.15) is 30.4 Å². The Kier molecular flexibility index (Phi) is 5.30. The summed E-state index contributed by atoms with van der Waals surface area (Å²) in [6, 6.07) is 5.57. The second kappa shape index (κ2) is 7.00. The molecule has 1 fully saturated rings. The van der Waals surface area contributed by atoms with E-state index in [-0.39, 0.29) is 0 Å². The minimum atomic E-state index is -4.25. The molecule has 114 valence electrons. The predicted octanol–water partition coefficient (Wildman–Crippen LogP) is 3.98. The first-order valence-corrected chi connectivity index (χ1v) is 7.31. The van der Waals surface area contributed by atoms with Gasteiger partial charge in [-0.15, -0.1) is 12.3 Å². The van der Waals surface area contributed by atoms with Gasteiger partial charge in [0.05, 0.1) is 5.56 Å². The maximum absolute atomic E-state index is 12.5. The molecule has 0 radical (unpaired) electrons. The molecule has 4 heteroatoms. The maximum Gasteiger partial charge on any atom is 0.416 e. The van der Waals surface area contributed by atoms with E-state index in [4.69, 9.17) is 6.42 Å². The van der Waals surface area contributed by atoms with Gasteiger partial charge in [-0.2, -0.15) is 13.2 Å². The molecule has 0 bridgehead atoms. The van der Waals surface area contributed by atoms with Crippen LogP contribution in [0.15, 0.2) is 24.3 Å². The molecule has 2 rings (SSSR count). The van der Waals surface area contributed by atoms with Gasteiger partial charge in [0, 0.05) is 13.0 Å². The Bertz CT molecular complexity index is 476. The van der Waals surface area contributed by atoms with Gasteiger partial charge in [-0.1, -0.05) is 12.1 Å². The third-order valence-electron chi connectivity index (χ3n) is 4.09. The minimum Gasteiger partial charge on any atom is -0.302 e. The van der Waals surface area contributed by atoms with E-state index < -0.39 is 11.7 Å². The van der Waals surface area contributed by atoms with Crippen LogP contribution in [0.4, 0.5) is 13.2 Å². The third-order valence-corrected chi connectivity index (χ3v) is 4.09. The molecule has 0 atom stereocenters. The van der Waals surface area contributed by atoms with E-state index in [0.717, 1.165) is 50.9 Å². The summed E-state index contributed by atoms with van der Waals surface area (Å²) in [6.07, 6.45) is 4.83. The Morgan fingerprint density at radius 3 is 2.29 bits per heavy atom. The van der Waals surface area contributed by atoms with Crippen LogP contribution < -0.4 is 0 Å². The first kappa shape index (κ1) is 15.9. The molecule has 1 aromatic carbocycles. The van der Waals surface area contributed by atoms with Crippen LogP contribution in [0, 0.1) is 18.3 Å². The minimum absolute atomic E-state index is 0.559. The fourth-order valence-electron chi connectivity index (χ4n) is 2.80. The lowest BCUT2D eigenvalue weighted by Crippen LogP contribution is -2.34. The number of alkyl halides is 3. The lowest BCUT2D eigenvalue weighted by atomic mass is 9.90. The molecular formula is C17H20F3N. The van der Waals surface area contributed by atoms with Crippen molar-refractivity contribution in [1.82, 2.24) is 4.90 Å². The average molecular weight is 295 g/mol. The van der Waals surface area contributed by atoms with E-state index in [0.29, 0.717) is 5.92 Å². The Hall–Kier alpha value is -1.47. The Morgan fingerprint density at radius 2 is 1.76 bits per heavy atom. The lowest BCUT2D eigenvalue weighted by molar-refractivity contribution is -0.137. The van der Waals surface area contributed by atoms with Crippen LogP contribution in [-0.4, -0.2) is 24.5 Å². The van der Waals surface area contributed by atoms with Crippen molar-refractivity contribution in [3.8, 4) is 12.3 Å². The zero-order chi connectivity index (χ0) is 15.3. The molecule has 0 unspecified atom stereocenters. The van der Waals surface area contributed by atoms with E-state index in [9.17, 15) is 13.2 Å². The molecular weight excluding hydrogens is 275 g/mol. The van der Waals surface area contributed by atoms with Crippen molar-refractivity contribution < 1.29 is 13.2 Å². The first-order chi connectivity index (χ1) is 9.99. The second-order valence-electron chi connectivity index (χ2n) is 5.64. The maximum atomic E-state index is 12.5. The molecule has 1 heterocycles. The van der Waals surface area contributed by atoms with Crippen molar-refractivity contribution in [2.45, 2.75) is 31.9 Å². The molecule has 1 nitrogen and oxygen atoms in total. The average Bonchev–Trinajstić information content (AvgIpc) is 2.46. The van der Waals surface area contributed by atoms with E-state index in [2.05, 4.69) is 10.8 Å². The monoisotopic (exact) mass is 295 g/mol. The zero-order valence-corrected chi connectivity index (χ0v) is 12.0. The predicted molar refractivity (Wildman–Crippen MR) is 77.8 cm³/mol. The van der Waals surface area contributed by atoms with E-state index in [1.54, 1.807) is 12.1 Å². The fourth-order valence-corrected chi connectivity index (χ4v) is 2.80. The van der Waals surface area contributed by atoms with E-state index >= 15 is 0 Å². The molecule has 0 saturated carbocycles. The van der Waals surface area contributed by atoms with Crippen molar-refractivity contribution in [2.75, 3.05) is 19.6 Å². The summed E-state index contributed by atoms with van der Waals surface area (Å²) < 4.78 is 37.5. The van der Waals surface area contributed by atoms with Gasteiger partial charge in [0.2, 0.25) is 0 Å². The number of terminal acetylenes is 1. The van der Waals surface area contributed by atoms with Crippen molar-refractivity contribution in [3.63, 3.8) is 0 Å². The number of halogens is 3. The highest BCUT2D eigenvalue weighted by molar-refractivity contribution is 5.25. The second-order valence-corrected chi connectivity index (χ2v) is 5.64. The third kappa shape index (κ3) is 4.78. The van der Waals surface area contributed by atoms with Crippen LogP contribution in [0.3, 0.4) is 0 Å². The van der Waals surface area contributed by atoms with Crippen LogP contribution >= 0.6 is 0 Å². The summed E-state index contributed by atoms with van der Waals surface area (Å²) in [5.74, 6) is 3.21. The number of nitrogens with zero attached hydrogens (tertiary/aromatic N) is 1. The molecule has 1 aliphatic heterocycles. The zero-order valence-electron chi connectivity index (χ0n) is 12.0. The smallest absolute Gasteiger partial charge is 0.302 e. The molecule has 0 aliphatic carbocycles. The van der Waals surface area contributed by atoms with Gasteiger partial charge in [0.1, 0.15) is 0 Å². The normalized spacial score (nSPS) is 17.6. The highest BCUT2D eigenvalue weighted by Crippen LogP contribution is 2.30. The van der Waals surface area contributed by atoms with Crippen molar-refractivity contribution in [3.05, 3.63) is 35.4 Å². The molecule has 0 aromatic heterocycles. The van der Waals surface area contributed by atoms with Gasteiger partial charge in [-0.25, -0.2) is 0 Å². The molecule has 1 aliphatic rings. The highest BCUT2D eigenvalue weighted by Gasteiger charge is 2.30. The molecule has 21 heavy (non-hydrogen) atoms. The quantitative estimate of drug-likeness (QED) is 0.759. The first-order valence-electron chi connectivity index (χ1n) is 7.31. The van der Waals surface area contributed by atoms with Gasteiger partial charge in [-0.3, -0.25) is 0 Å². The summed E-state index contributed by atoms with van der Waals surface area (Å²) in [5.41, 5.74) is 0.417. The lowest BCUT2D eigenvalue weighted by Gasteiger charge is -2.31. The van der Waals surface area contributed by atoms with Crippen molar-refractivity contribution in [1.29, 1.82) is 0 Å². The summed E-state index contributed by atoms with van der Waals surface area (Å²) in [4.78, 5) is 2.36. The van der Waals surface area contributed by atoms with E-state index in [1.165, 1.54) is 12.1 Å². The van der Waals surface area contributed by atoms with Crippen LogP contribution in [0.5, 0.6) is 0 Å². The topological polar surface area (TPSA) is 3.24 Å². The summed E-state index contributed by atoms with van der Waals surface area (Å²) in [7, 11) is 0. The number of hydrogen-bond donors (Lipinski definition) is 0. The number of rotatable bonds is 4. The Morgan fingerprint density at radius 1 is 1.14 bits per heavy atom. The van der Waals surface area contributed by atoms with Crippen LogP contribution in [0.25, 0.3) is 0 Å². The van der Waals surface area contributed by atoms with Crippen LogP contribution in [0.2, 0.25) is 0 Å². The number of likely N-dealkylation sites (tertiary alicyclic amines) is 1. The van der Waals surface area contributed by atoms with Gasteiger partial charge >= 0.3 is 6.18 Å². The van der Waals surface area contributed by atoms with Crippen LogP contribution in [-0.2, 0) is 12.6 Å². The van der Waals surface area contributed by atoms with Gasteiger partial charge in [0.15, 0.2) is 0 Å². The van der Waals surface area contributed by atoms with Crippen molar-refractivity contribution >= 4 is 0 Å². The van der Waals surface area contributed by atoms with Gasteiger partial charge < -0.3 is 4.90 Å². The number of benzene rings is 1. The largest absolute Gasteiger partial charge is 0.416 e. The molecule has 0 N–H and O–H groups in total. The molecule has 1 saturated heterocycles. The summed E-state index contributed by atoms with van der Waals surface area (Å²) in [5, 5.41) is 0. The molecule has 0 amide bonds.